The standard InChI is InChI=1S/C27H25BrN2O2/c1-31-25-15-17(14-23(28)27(25)32-2)16-29-19-12-10-18(11-13-19)26-22-8-5-7-20(22)21-6-3-4-9-24(21)30-26/h3-7,9-16,20,22,26,30H,8H2,1-2H3/t20-,22-,26-/m0/s1. The van der Waals surface area contributed by atoms with E-state index in [9.17, 15) is 0 Å². The van der Waals surface area contributed by atoms with Crippen molar-refractivity contribution in [2.24, 2.45) is 10.9 Å². The van der Waals surface area contributed by atoms with E-state index in [2.05, 4.69) is 86.9 Å². The lowest BCUT2D eigenvalue weighted by Crippen LogP contribution is -2.28. The van der Waals surface area contributed by atoms with Crippen LogP contribution in [0.4, 0.5) is 11.4 Å². The van der Waals surface area contributed by atoms with Crippen LogP contribution < -0.4 is 14.8 Å². The van der Waals surface area contributed by atoms with Gasteiger partial charge in [0.25, 0.3) is 0 Å². The maximum absolute atomic E-state index is 5.42. The second-order valence-corrected chi connectivity index (χ2v) is 9.01. The molecule has 1 N–H and O–H groups in total. The van der Waals surface area contributed by atoms with E-state index in [4.69, 9.17) is 9.47 Å². The van der Waals surface area contributed by atoms with Crippen LogP contribution in [-0.2, 0) is 0 Å². The predicted molar refractivity (Wildman–Crippen MR) is 134 cm³/mol. The molecule has 32 heavy (non-hydrogen) atoms. The van der Waals surface area contributed by atoms with E-state index in [1.54, 1.807) is 14.2 Å². The van der Waals surface area contributed by atoms with E-state index in [1.165, 1.54) is 16.8 Å². The fraction of sp³-hybridized carbons (Fsp3) is 0.222. The zero-order valence-corrected chi connectivity index (χ0v) is 19.7. The SMILES string of the molecule is COc1cc(C=Nc2ccc([C@@H]3Nc4ccccc4[C@@H]4C=CC[C@@H]43)cc2)cc(Br)c1OC. The zero-order valence-electron chi connectivity index (χ0n) is 18.1. The Labute approximate surface area is 197 Å². The summed E-state index contributed by atoms with van der Waals surface area (Å²) >= 11 is 3.53. The van der Waals surface area contributed by atoms with E-state index in [1.807, 2.05) is 18.3 Å². The van der Waals surface area contributed by atoms with Crippen LogP contribution in [0.1, 0.15) is 35.1 Å². The van der Waals surface area contributed by atoms with Gasteiger partial charge in [0.05, 0.1) is 30.4 Å². The summed E-state index contributed by atoms with van der Waals surface area (Å²) in [7, 11) is 3.26. The van der Waals surface area contributed by atoms with Gasteiger partial charge in [-0.1, -0.05) is 42.5 Å². The molecule has 0 bridgehead atoms. The van der Waals surface area contributed by atoms with Crippen LogP contribution in [0.5, 0.6) is 11.5 Å². The molecule has 4 nitrogen and oxygen atoms in total. The molecule has 3 aromatic carbocycles. The van der Waals surface area contributed by atoms with E-state index < -0.39 is 0 Å². The molecule has 2 aliphatic rings. The highest BCUT2D eigenvalue weighted by atomic mass is 79.9. The molecule has 1 heterocycles. The van der Waals surface area contributed by atoms with Gasteiger partial charge in [-0.15, -0.1) is 0 Å². The zero-order chi connectivity index (χ0) is 22.1. The summed E-state index contributed by atoms with van der Waals surface area (Å²) in [6.07, 6.45) is 7.64. The molecule has 0 fully saturated rings. The van der Waals surface area contributed by atoms with Gasteiger partial charge in [0.2, 0.25) is 0 Å². The topological polar surface area (TPSA) is 42.8 Å². The molecule has 1 aliphatic heterocycles. The Morgan fingerprint density at radius 3 is 2.62 bits per heavy atom. The maximum Gasteiger partial charge on any atom is 0.174 e. The van der Waals surface area contributed by atoms with Crippen molar-refractivity contribution in [3.8, 4) is 11.5 Å². The normalized spacial score (nSPS) is 21.2. The minimum absolute atomic E-state index is 0.296. The number of halogens is 1. The lowest BCUT2D eigenvalue weighted by atomic mass is 9.77. The fourth-order valence-electron chi connectivity index (χ4n) is 4.80. The lowest BCUT2D eigenvalue weighted by molar-refractivity contribution is 0.353. The number of para-hydroxylation sites is 1. The van der Waals surface area contributed by atoms with E-state index in [0.717, 1.165) is 22.1 Å². The number of methoxy groups -OCH3 is 2. The van der Waals surface area contributed by atoms with E-state index in [0.29, 0.717) is 29.4 Å². The molecule has 162 valence electrons. The van der Waals surface area contributed by atoms with E-state index >= 15 is 0 Å². The van der Waals surface area contributed by atoms with Gasteiger partial charge in [-0.05, 0) is 75.3 Å². The summed E-state index contributed by atoms with van der Waals surface area (Å²) in [5.74, 6) is 2.37. The monoisotopic (exact) mass is 488 g/mol. The number of ether oxygens (including phenoxy) is 2. The Morgan fingerprint density at radius 2 is 1.84 bits per heavy atom. The number of nitrogens with one attached hydrogen (secondary N) is 1. The molecule has 0 radical (unpaired) electrons. The largest absolute Gasteiger partial charge is 0.493 e. The van der Waals surface area contributed by atoms with Crippen LogP contribution in [0, 0.1) is 5.92 Å². The van der Waals surface area contributed by atoms with Gasteiger partial charge >= 0.3 is 0 Å². The highest BCUT2D eigenvalue weighted by Crippen LogP contribution is 2.49. The average Bonchev–Trinajstić information content (AvgIpc) is 3.32. The Hall–Kier alpha value is -3.05. The second-order valence-electron chi connectivity index (χ2n) is 8.15. The highest BCUT2D eigenvalue weighted by molar-refractivity contribution is 9.10. The first-order valence-corrected chi connectivity index (χ1v) is 11.5. The number of benzene rings is 3. The average molecular weight is 489 g/mol. The molecular formula is C27H25BrN2O2. The molecule has 1 aliphatic carbocycles. The first kappa shape index (κ1) is 20.8. The van der Waals surface area contributed by atoms with Crippen LogP contribution in [0.2, 0.25) is 0 Å². The number of rotatable bonds is 5. The van der Waals surface area contributed by atoms with Crippen molar-refractivity contribution >= 4 is 33.5 Å². The highest BCUT2D eigenvalue weighted by Gasteiger charge is 2.37. The van der Waals surface area contributed by atoms with Crippen molar-refractivity contribution in [3.63, 3.8) is 0 Å². The number of nitrogens with zero attached hydrogens (tertiary/aromatic N) is 1. The molecule has 5 heteroatoms. The Balaban J connectivity index is 1.37. The van der Waals surface area contributed by atoms with Gasteiger partial charge in [-0.3, -0.25) is 4.99 Å². The molecule has 0 saturated heterocycles. The molecule has 0 amide bonds. The van der Waals surface area contributed by atoms with Gasteiger partial charge in [0.15, 0.2) is 11.5 Å². The molecule has 3 atom stereocenters. The Kier molecular flexibility index (Phi) is 5.75. The summed E-state index contributed by atoms with van der Waals surface area (Å²) in [5.41, 5.74) is 5.79. The predicted octanol–water partition coefficient (Wildman–Crippen LogP) is 7.04. The van der Waals surface area contributed by atoms with Crippen LogP contribution in [-0.4, -0.2) is 20.4 Å². The number of hydrogen-bond donors (Lipinski definition) is 1. The molecule has 3 aromatic rings. The Bertz CT molecular complexity index is 1190. The quantitative estimate of drug-likeness (QED) is 0.309. The summed E-state index contributed by atoms with van der Waals surface area (Å²) in [6.45, 7) is 0. The van der Waals surface area contributed by atoms with Crippen molar-refractivity contribution in [2.45, 2.75) is 18.4 Å². The first-order chi connectivity index (χ1) is 15.7. The van der Waals surface area contributed by atoms with E-state index in [-0.39, 0.29) is 0 Å². The summed E-state index contributed by atoms with van der Waals surface area (Å²) in [5, 5.41) is 3.78. The van der Waals surface area contributed by atoms with Gasteiger partial charge in [0, 0.05) is 17.8 Å². The summed E-state index contributed by atoms with van der Waals surface area (Å²) < 4.78 is 11.6. The maximum atomic E-state index is 5.42. The Morgan fingerprint density at radius 1 is 1.03 bits per heavy atom. The number of aliphatic imine (C=N–C) groups is 1. The number of hydrogen-bond acceptors (Lipinski definition) is 4. The summed E-state index contributed by atoms with van der Waals surface area (Å²) in [6, 6.07) is 21.4. The van der Waals surface area contributed by atoms with Gasteiger partial charge in [-0.2, -0.15) is 0 Å². The van der Waals surface area contributed by atoms with Crippen LogP contribution in [0.25, 0.3) is 0 Å². The molecule has 0 saturated carbocycles. The van der Waals surface area contributed by atoms with Crippen molar-refractivity contribution in [2.75, 3.05) is 19.5 Å². The fourth-order valence-corrected chi connectivity index (χ4v) is 5.42. The molecule has 0 aromatic heterocycles. The molecular weight excluding hydrogens is 464 g/mol. The third kappa shape index (κ3) is 3.82. The molecule has 5 rings (SSSR count). The van der Waals surface area contributed by atoms with Crippen LogP contribution in [0.15, 0.2) is 82.3 Å². The number of fused-ring (bicyclic) bond motifs is 3. The van der Waals surface area contributed by atoms with Gasteiger partial charge in [-0.25, -0.2) is 0 Å². The van der Waals surface area contributed by atoms with Crippen molar-refractivity contribution in [3.05, 3.63) is 94.0 Å². The minimum Gasteiger partial charge on any atom is -0.493 e. The van der Waals surface area contributed by atoms with Crippen molar-refractivity contribution in [1.29, 1.82) is 0 Å². The second kappa shape index (κ2) is 8.83. The van der Waals surface area contributed by atoms with Crippen molar-refractivity contribution in [1.82, 2.24) is 0 Å². The minimum atomic E-state index is 0.296. The third-order valence-corrected chi connectivity index (χ3v) is 6.93. The number of allylic oxidation sites excluding steroid dienone is 2. The smallest absolute Gasteiger partial charge is 0.174 e. The molecule has 0 unspecified atom stereocenters. The van der Waals surface area contributed by atoms with Crippen molar-refractivity contribution < 1.29 is 9.47 Å². The van der Waals surface area contributed by atoms with Crippen LogP contribution >= 0.6 is 15.9 Å². The van der Waals surface area contributed by atoms with Crippen LogP contribution in [0.3, 0.4) is 0 Å². The molecule has 0 spiro atoms. The lowest BCUT2D eigenvalue weighted by Gasteiger charge is -2.37. The third-order valence-electron chi connectivity index (χ3n) is 6.34. The number of anilines is 1. The first-order valence-electron chi connectivity index (χ1n) is 10.8. The van der Waals surface area contributed by atoms with Gasteiger partial charge in [0.1, 0.15) is 0 Å². The van der Waals surface area contributed by atoms with Gasteiger partial charge < -0.3 is 14.8 Å². The summed E-state index contributed by atoms with van der Waals surface area (Å²) in [4.78, 5) is 4.66.